The van der Waals surface area contributed by atoms with E-state index < -0.39 is 0 Å². The largest absolute Gasteiger partial charge is 0.508 e. The zero-order chi connectivity index (χ0) is 30.9. The number of ketones is 1. The zero-order valence-electron chi connectivity index (χ0n) is 25.8. The monoisotopic (exact) mass is 610 g/mol. The van der Waals surface area contributed by atoms with Crippen LogP contribution >= 0.6 is 12.2 Å². The van der Waals surface area contributed by atoms with Gasteiger partial charge in [0.15, 0.2) is 0 Å². The maximum atomic E-state index is 13.9. The van der Waals surface area contributed by atoms with Crippen LogP contribution < -0.4 is 10.9 Å². The van der Waals surface area contributed by atoms with Crippen LogP contribution in [0.25, 0.3) is 0 Å². The molecule has 0 amide bonds. The fourth-order valence-corrected chi connectivity index (χ4v) is 9.52. The molecule has 0 unspecified atom stereocenters. The number of rotatable bonds is 7. The molecule has 0 aliphatic heterocycles. The molecule has 0 radical (unpaired) electrons. The molecular weight excluding hydrogens is 564 g/mol. The summed E-state index contributed by atoms with van der Waals surface area (Å²) in [7, 11) is 1.46. The van der Waals surface area contributed by atoms with E-state index in [1.807, 2.05) is 0 Å². The molecule has 10 heteroatoms. The molecule has 8 atom stereocenters. The second kappa shape index (κ2) is 12.5. The van der Waals surface area contributed by atoms with Gasteiger partial charge in [-0.15, -0.1) is 0 Å². The predicted molar refractivity (Wildman–Crippen MR) is 170 cm³/mol. The summed E-state index contributed by atoms with van der Waals surface area (Å²) in [6.07, 6.45) is 10.6. The molecule has 9 nitrogen and oxygen atoms in total. The molecule has 1 aromatic rings. The minimum absolute atomic E-state index is 0.0257. The van der Waals surface area contributed by atoms with E-state index in [-0.39, 0.29) is 45.2 Å². The smallest absolute Gasteiger partial charge is 0.305 e. The number of carbonyl (C=O) groups excluding carboxylic acids is 2. The summed E-state index contributed by atoms with van der Waals surface area (Å²) >= 11 is 5.32. The van der Waals surface area contributed by atoms with Gasteiger partial charge in [0, 0.05) is 36.1 Å². The Bertz CT molecular complexity index is 1320. The number of esters is 1. The van der Waals surface area contributed by atoms with Crippen molar-refractivity contribution in [1.29, 1.82) is 0 Å². The lowest BCUT2D eigenvalue weighted by Crippen LogP contribution is -2.57. The summed E-state index contributed by atoms with van der Waals surface area (Å²) < 4.78 is 4.89. The number of hydrazone groups is 2. The van der Waals surface area contributed by atoms with E-state index in [1.54, 1.807) is 6.07 Å². The van der Waals surface area contributed by atoms with Gasteiger partial charge in [-0.05, 0) is 116 Å². The topological polar surface area (TPSA) is 133 Å². The number of phenolic OH excluding ortho intramolecular Hbond substituents is 2. The minimum Gasteiger partial charge on any atom is -0.508 e. The molecule has 5 rings (SSSR count). The van der Waals surface area contributed by atoms with E-state index in [9.17, 15) is 19.8 Å². The van der Waals surface area contributed by atoms with Crippen LogP contribution in [-0.4, -0.2) is 46.1 Å². The van der Waals surface area contributed by atoms with Gasteiger partial charge in [0.2, 0.25) is 5.11 Å². The molecule has 0 heterocycles. The Kier molecular flexibility index (Phi) is 9.16. The number of carbonyl (C=O) groups is 2. The highest BCUT2D eigenvalue weighted by molar-refractivity contribution is 7.80. The van der Waals surface area contributed by atoms with Crippen molar-refractivity contribution >= 4 is 41.0 Å². The van der Waals surface area contributed by atoms with Gasteiger partial charge < -0.3 is 14.9 Å². The van der Waals surface area contributed by atoms with Crippen LogP contribution in [0, 0.1) is 46.3 Å². The van der Waals surface area contributed by atoms with Crippen LogP contribution in [0.3, 0.4) is 0 Å². The molecule has 0 aromatic heterocycles. The summed E-state index contributed by atoms with van der Waals surface area (Å²) in [5.41, 5.74) is 7.35. The molecular formula is C33H46N4O5S. The molecule has 4 aliphatic rings. The van der Waals surface area contributed by atoms with Crippen LogP contribution in [0.15, 0.2) is 28.4 Å². The number of nitrogens with zero attached hydrogens (tertiary/aromatic N) is 2. The number of phenols is 2. The number of fused-ring (bicyclic) bond motifs is 5. The van der Waals surface area contributed by atoms with Gasteiger partial charge >= 0.3 is 5.97 Å². The van der Waals surface area contributed by atoms with E-state index in [0.717, 1.165) is 57.1 Å². The molecule has 4 aliphatic carbocycles. The van der Waals surface area contributed by atoms with Gasteiger partial charge in [-0.25, -0.2) is 0 Å². The first-order valence-electron chi connectivity index (χ1n) is 15.7. The van der Waals surface area contributed by atoms with Crippen LogP contribution in [0.4, 0.5) is 0 Å². The SMILES string of the molecule is COC(=O)CC[C@@H](C)[C@H]1CC[C@H]2[C@@H]3C(=O)C[C@@H]4C/C(=N/NC(=S)N/N=C/c5ccc(O)cc5O)CC[C@]4(C)[C@H]3CC[C@]12C. The third kappa shape index (κ3) is 6.17. The number of ether oxygens (including phenoxy) is 1. The van der Waals surface area contributed by atoms with Crippen molar-refractivity contribution < 1.29 is 24.5 Å². The molecule has 43 heavy (non-hydrogen) atoms. The molecule has 234 valence electrons. The van der Waals surface area contributed by atoms with Gasteiger partial charge in [0.1, 0.15) is 17.3 Å². The van der Waals surface area contributed by atoms with E-state index in [4.69, 9.17) is 17.0 Å². The fraction of sp³-hybridized carbons (Fsp3) is 0.667. The Labute approximate surface area is 259 Å². The normalized spacial score (nSPS) is 35.1. The number of thiocarbonyl (C=S) groups is 1. The lowest BCUT2D eigenvalue weighted by atomic mass is 9.44. The van der Waals surface area contributed by atoms with Gasteiger partial charge in [-0.1, -0.05) is 20.8 Å². The maximum Gasteiger partial charge on any atom is 0.305 e. The number of hydrogen-bond donors (Lipinski definition) is 4. The minimum atomic E-state index is -0.134. The van der Waals surface area contributed by atoms with E-state index >= 15 is 0 Å². The average molecular weight is 611 g/mol. The molecule has 0 spiro atoms. The van der Waals surface area contributed by atoms with Crippen LogP contribution in [0.5, 0.6) is 11.5 Å². The van der Waals surface area contributed by atoms with Crippen LogP contribution in [0.2, 0.25) is 0 Å². The van der Waals surface area contributed by atoms with Crippen molar-refractivity contribution in [3.8, 4) is 11.5 Å². The van der Waals surface area contributed by atoms with Crippen molar-refractivity contribution in [3.63, 3.8) is 0 Å². The highest BCUT2D eigenvalue weighted by Gasteiger charge is 2.62. The number of hydrogen-bond acceptors (Lipinski definition) is 8. The molecule has 4 N–H and O–H groups in total. The van der Waals surface area contributed by atoms with Gasteiger partial charge in [-0.3, -0.25) is 20.4 Å². The van der Waals surface area contributed by atoms with Crippen LogP contribution in [-0.2, 0) is 14.3 Å². The van der Waals surface area contributed by atoms with E-state index in [2.05, 4.69) is 41.8 Å². The Morgan fingerprint density at radius 3 is 2.65 bits per heavy atom. The third-order valence-corrected chi connectivity index (χ3v) is 12.0. The number of aromatic hydroxyl groups is 2. The average Bonchev–Trinajstić information content (AvgIpc) is 3.33. The Hall–Kier alpha value is -3.01. The van der Waals surface area contributed by atoms with Crippen molar-refractivity contribution in [1.82, 2.24) is 10.9 Å². The van der Waals surface area contributed by atoms with Crippen molar-refractivity contribution in [3.05, 3.63) is 23.8 Å². The first kappa shape index (κ1) is 31.4. The quantitative estimate of drug-likeness (QED) is 0.134. The Morgan fingerprint density at radius 1 is 1.14 bits per heavy atom. The van der Waals surface area contributed by atoms with Gasteiger partial charge in [0.05, 0.1) is 13.3 Å². The fourth-order valence-electron chi connectivity index (χ4n) is 9.42. The molecule has 0 bridgehead atoms. The number of benzene rings is 1. The van der Waals surface area contributed by atoms with Crippen molar-refractivity contribution in [2.45, 2.75) is 85.0 Å². The highest BCUT2D eigenvalue weighted by atomic mass is 32.1. The molecule has 0 saturated heterocycles. The van der Waals surface area contributed by atoms with E-state index in [1.165, 1.54) is 25.5 Å². The number of nitrogens with one attached hydrogen (secondary N) is 2. The lowest BCUT2D eigenvalue weighted by Gasteiger charge is -2.60. The zero-order valence-corrected chi connectivity index (χ0v) is 26.6. The standard InChI is InChI=1S/C33H46N4O5S/c1-19(5-10-29(41)42-4)24-8-9-25-30-26(12-14-33(24,25)3)32(2)13-11-22(15-21(32)16-28(30)40)35-37-31(43)36-34-18-20-6-7-23(38)17-27(20)39/h6-7,17-19,21,24-26,30,38-39H,5,8-16H2,1-4H3,(H2,36,37,43)/b34-18+,35-22+/t19-,21+,24-,25+,26+,30+,32+,33-/m1/s1. The maximum absolute atomic E-state index is 13.9. The summed E-state index contributed by atoms with van der Waals surface area (Å²) in [5.74, 6) is 2.49. The summed E-state index contributed by atoms with van der Waals surface area (Å²) in [6, 6.07) is 4.25. The number of Topliss-reactive ketones (excluding diaryl/α,β-unsaturated/α-hetero) is 1. The molecule has 4 saturated carbocycles. The summed E-state index contributed by atoms with van der Waals surface area (Å²) in [5, 5.41) is 28.2. The Balaban J connectivity index is 1.19. The van der Waals surface area contributed by atoms with Crippen LogP contribution in [0.1, 0.15) is 90.5 Å². The highest BCUT2D eigenvalue weighted by Crippen LogP contribution is 2.67. The number of methoxy groups -OCH3 is 1. The predicted octanol–water partition coefficient (Wildman–Crippen LogP) is 5.68. The first-order valence-corrected chi connectivity index (χ1v) is 16.1. The molecule has 4 fully saturated rings. The summed E-state index contributed by atoms with van der Waals surface area (Å²) in [6.45, 7) is 7.16. The second-order valence-corrected chi connectivity index (χ2v) is 14.3. The van der Waals surface area contributed by atoms with Crippen molar-refractivity contribution in [2.75, 3.05) is 7.11 Å². The summed E-state index contributed by atoms with van der Waals surface area (Å²) in [4.78, 5) is 25.7. The molecule has 1 aromatic carbocycles. The van der Waals surface area contributed by atoms with Gasteiger partial charge in [-0.2, -0.15) is 10.2 Å². The second-order valence-electron chi connectivity index (χ2n) is 13.9. The van der Waals surface area contributed by atoms with E-state index in [0.29, 0.717) is 47.9 Å². The van der Waals surface area contributed by atoms with Gasteiger partial charge in [0.25, 0.3) is 0 Å². The Morgan fingerprint density at radius 2 is 1.91 bits per heavy atom. The lowest BCUT2D eigenvalue weighted by molar-refractivity contribution is -0.153. The third-order valence-electron chi connectivity index (χ3n) is 11.8. The van der Waals surface area contributed by atoms with Crippen molar-refractivity contribution in [2.24, 2.45) is 56.5 Å². The first-order chi connectivity index (χ1) is 20.5.